The third-order valence-electron chi connectivity index (χ3n) is 3.46. The zero-order chi connectivity index (χ0) is 13.0. The molecule has 0 saturated carbocycles. The lowest BCUT2D eigenvalue weighted by molar-refractivity contribution is 0.0948. The van der Waals surface area contributed by atoms with Crippen LogP contribution in [-0.4, -0.2) is 44.9 Å². The fraction of sp³-hybridized carbons (Fsp3) is 0.727. The number of aromatic nitrogens is 3. The lowest BCUT2D eigenvalue weighted by Gasteiger charge is -2.33. The highest BCUT2D eigenvalue weighted by molar-refractivity contribution is 5.91. The summed E-state index contributed by atoms with van der Waals surface area (Å²) >= 11 is 0. The minimum absolute atomic E-state index is 0.254. The van der Waals surface area contributed by atoms with Crippen LogP contribution in [0.1, 0.15) is 36.7 Å². The second kappa shape index (κ2) is 5.92. The summed E-state index contributed by atoms with van der Waals surface area (Å²) in [5, 5.41) is 7.69. The summed E-state index contributed by atoms with van der Waals surface area (Å²) in [5.74, 6) is 4.63. The fourth-order valence-corrected chi connectivity index (χ4v) is 2.31. The van der Waals surface area contributed by atoms with Crippen molar-refractivity contribution in [3.05, 3.63) is 11.9 Å². The van der Waals surface area contributed by atoms with Crippen LogP contribution in [0.4, 0.5) is 0 Å². The van der Waals surface area contributed by atoms with E-state index in [4.69, 9.17) is 5.84 Å². The first-order valence-electron chi connectivity index (χ1n) is 6.36. The number of piperidine rings is 1. The van der Waals surface area contributed by atoms with E-state index < -0.39 is 5.91 Å². The summed E-state index contributed by atoms with van der Waals surface area (Å²) in [6, 6.07) is 0.633. The van der Waals surface area contributed by atoms with Gasteiger partial charge in [-0.05, 0) is 26.3 Å². The van der Waals surface area contributed by atoms with E-state index in [9.17, 15) is 4.79 Å². The van der Waals surface area contributed by atoms with Crippen LogP contribution < -0.4 is 11.3 Å². The average Bonchev–Trinajstić information content (AvgIpc) is 2.86. The highest BCUT2D eigenvalue weighted by atomic mass is 16.2. The van der Waals surface area contributed by atoms with Crippen molar-refractivity contribution in [3.8, 4) is 0 Å². The number of hydrogen-bond donors (Lipinski definition) is 2. The number of nitrogens with two attached hydrogens (primary N) is 1. The Hall–Kier alpha value is -1.47. The molecule has 1 aliphatic rings. The topological polar surface area (TPSA) is 89.1 Å². The molecule has 7 heteroatoms. The van der Waals surface area contributed by atoms with E-state index in [0.717, 1.165) is 19.6 Å². The maximum absolute atomic E-state index is 11.2. The molecule has 1 atom stereocenters. The maximum Gasteiger partial charge on any atom is 0.287 e. The molecule has 1 aromatic rings. The summed E-state index contributed by atoms with van der Waals surface area (Å²) in [4.78, 5) is 13.7. The molecular weight excluding hydrogens is 232 g/mol. The van der Waals surface area contributed by atoms with E-state index in [1.807, 2.05) is 5.43 Å². The molecule has 1 unspecified atom stereocenters. The first-order valence-corrected chi connectivity index (χ1v) is 6.36. The van der Waals surface area contributed by atoms with Crippen LogP contribution in [0.3, 0.4) is 0 Å². The van der Waals surface area contributed by atoms with Gasteiger partial charge in [-0.1, -0.05) is 11.6 Å². The van der Waals surface area contributed by atoms with Crippen LogP contribution in [0.15, 0.2) is 6.20 Å². The number of amides is 1. The van der Waals surface area contributed by atoms with Gasteiger partial charge in [-0.3, -0.25) is 19.8 Å². The zero-order valence-corrected chi connectivity index (χ0v) is 10.7. The largest absolute Gasteiger partial charge is 0.299 e. The van der Waals surface area contributed by atoms with Gasteiger partial charge in [0.25, 0.3) is 5.91 Å². The van der Waals surface area contributed by atoms with Crippen molar-refractivity contribution in [1.82, 2.24) is 25.3 Å². The Balaban J connectivity index is 1.86. The number of hydrazine groups is 1. The lowest BCUT2D eigenvalue weighted by atomic mass is 10.0. The minimum Gasteiger partial charge on any atom is -0.299 e. The van der Waals surface area contributed by atoms with Crippen LogP contribution in [-0.2, 0) is 6.54 Å². The number of hydrogen-bond acceptors (Lipinski definition) is 5. The maximum atomic E-state index is 11.2. The lowest BCUT2D eigenvalue weighted by Crippen LogP contribution is -2.39. The zero-order valence-electron chi connectivity index (χ0n) is 10.7. The number of likely N-dealkylation sites (tertiary alicyclic amines) is 1. The number of nitrogens with one attached hydrogen (secondary N) is 1. The molecule has 1 amide bonds. The number of nitrogens with zero attached hydrogens (tertiary/aromatic N) is 4. The average molecular weight is 252 g/mol. The van der Waals surface area contributed by atoms with Crippen molar-refractivity contribution in [3.63, 3.8) is 0 Å². The van der Waals surface area contributed by atoms with Crippen molar-refractivity contribution in [1.29, 1.82) is 0 Å². The molecule has 3 N–H and O–H groups in total. The van der Waals surface area contributed by atoms with E-state index in [1.54, 1.807) is 10.9 Å². The predicted octanol–water partition coefficient (Wildman–Crippen LogP) is -0.244. The number of carbonyl (C=O) groups excluding carboxylic acids is 1. The summed E-state index contributed by atoms with van der Waals surface area (Å²) in [6.45, 7) is 5.09. The van der Waals surface area contributed by atoms with Crippen LogP contribution in [0, 0.1) is 0 Å². The fourth-order valence-electron chi connectivity index (χ4n) is 2.31. The van der Waals surface area contributed by atoms with Gasteiger partial charge in [0.2, 0.25) is 0 Å². The molecule has 0 aromatic carbocycles. The van der Waals surface area contributed by atoms with Crippen molar-refractivity contribution in [2.75, 3.05) is 13.1 Å². The molecule has 18 heavy (non-hydrogen) atoms. The Morgan fingerprint density at radius 1 is 1.56 bits per heavy atom. The van der Waals surface area contributed by atoms with E-state index in [2.05, 4.69) is 22.1 Å². The van der Waals surface area contributed by atoms with Crippen molar-refractivity contribution in [2.24, 2.45) is 5.84 Å². The molecule has 7 nitrogen and oxygen atoms in total. The van der Waals surface area contributed by atoms with Gasteiger partial charge in [-0.25, -0.2) is 5.84 Å². The monoisotopic (exact) mass is 252 g/mol. The highest BCUT2D eigenvalue weighted by Gasteiger charge is 2.18. The standard InChI is InChI=1S/C11H20N6O/c1-9-4-2-3-5-16(9)6-7-17-8-10(14-15-17)11(18)13-12/h8-9H,2-7,12H2,1H3,(H,13,18). The molecule has 0 spiro atoms. The predicted molar refractivity (Wildman–Crippen MR) is 66.6 cm³/mol. The van der Waals surface area contributed by atoms with E-state index in [1.165, 1.54) is 19.3 Å². The summed E-state index contributed by atoms with van der Waals surface area (Å²) < 4.78 is 1.69. The first kappa shape index (κ1) is 13.0. The van der Waals surface area contributed by atoms with Crippen LogP contribution >= 0.6 is 0 Å². The van der Waals surface area contributed by atoms with Crippen LogP contribution in [0.5, 0.6) is 0 Å². The van der Waals surface area contributed by atoms with E-state index in [0.29, 0.717) is 6.04 Å². The first-order chi connectivity index (χ1) is 8.70. The Morgan fingerprint density at radius 3 is 3.11 bits per heavy atom. The van der Waals surface area contributed by atoms with E-state index in [-0.39, 0.29) is 5.69 Å². The van der Waals surface area contributed by atoms with Gasteiger partial charge < -0.3 is 0 Å². The summed E-state index contributed by atoms with van der Waals surface area (Å²) in [6.07, 6.45) is 5.47. The molecule has 1 fully saturated rings. The number of nitrogen functional groups attached to an aromatic ring is 1. The van der Waals surface area contributed by atoms with E-state index >= 15 is 0 Å². The van der Waals surface area contributed by atoms with Crippen molar-refractivity contribution >= 4 is 5.91 Å². The van der Waals surface area contributed by atoms with Gasteiger partial charge in [-0.15, -0.1) is 5.10 Å². The number of carbonyl (C=O) groups is 1. The van der Waals surface area contributed by atoms with Crippen molar-refractivity contribution in [2.45, 2.75) is 38.8 Å². The minimum atomic E-state index is -0.410. The number of rotatable bonds is 4. The summed E-state index contributed by atoms with van der Waals surface area (Å²) in [5.41, 5.74) is 2.30. The van der Waals surface area contributed by atoms with Gasteiger partial charge in [0.15, 0.2) is 5.69 Å². The third-order valence-corrected chi connectivity index (χ3v) is 3.46. The van der Waals surface area contributed by atoms with Gasteiger partial charge in [-0.2, -0.15) is 0 Å². The molecule has 1 saturated heterocycles. The highest BCUT2D eigenvalue weighted by Crippen LogP contribution is 2.15. The Bertz CT molecular complexity index is 404. The van der Waals surface area contributed by atoms with Gasteiger partial charge >= 0.3 is 0 Å². The normalized spacial score (nSPS) is 20.9. The quantitative estimate of drug-likeness (QED) is 0.438. The molecule has 2 heterocycles. The summed E-state index contributed by atoms with van der Waals surface area (Å²) in [7, 11) is 0. The molecule has 1 aliphatic heterocycles. The molecule has 1 aromatic heterocycles. The van der Waals surface area contributed by atoms with Crippen LogP contribution in [0.2, 0.25) is 0 Å². The smallest absolute Gasteiger partial charge is 0.287 e. The SMILES string of the molecule is CC1CCCCN1CCn1cc(C(=O)NN)nn1. The molecule has 0 bridgehead atoms. The second-order valence-electron chi connectivity index (χ2n) is 4.72. The third kappa shape index (κ3) is 3.05. The molecule has 0 aliphatic carbocycles. The van der Waals surface area contributed by atoms with Crippen LogP contribution in [0.25, 0.3) is 0 Å². The van der Waals surface area contributed by atoms with Crippen molar-refractivity contribution < 1.29 is 4.79 Å². The van der Waals surface area contributed by atoms with Gasteiger partial charge in [0.1, 0.15) is 0 Å². The Labute approximate surface area is 106 Å². The second-order valence-corrected chi connectivity index (χ2v) is 4.72. The molecule has 0 radical (unpaired) electrons. The van der Waals surface area contributed by atoms with Gasteiger partial charge in [0.05, 0.1) is 12.7 Å². The Kier molecular flexibility index (Phi) is 4.27. The Morgan fingerprint density at radius 2 is 2.39 bits per heavy atom. The molecule has 2 rings (SSSR count). The molecular formula is C11H20N6O. The molecule has 100 valence electrons. The van der Waals surface area contributed by atoms with Gasteiger partial charge in [0, 0.05) is 12.6 Å².